The molecule has 0 aromatic rings. The molecule has 4 atom stereocenters. The van der Waals surface area contributed by atoms with Gasteiger partial charge >= 0.3 is 5.97 Å². The number of carboxylic acid groups (broad SMARTS) is 1. The lowest BCUT2D eigenvalue weighted by molar-refractivity contribution is -0.140. The summed E-state index contributed by atoms with van der Waals surface area (Å²) in [4.78, 5) is 11.4. The van der Waals surface area contributed by atoms with Crippen LogP contribution in [0.2, 0.25) is 0 Å². The zero-order valence-corrected chi connectivity index (χ0v) is 11.9. The van der Waals surface area contributed by atoms with E-state index >= 15 is 0 Å². The summed E-state index contributed by atoms with van der Waals surface area (Å²) in [5.41, 5.74) is 0. The van der Waals surface area contributed by atoms with Crippen molar-refractivity contribution in [1.82, 2.24) is 5.32 Å². The number of carbonyl (C=O) groups is 1. The lowest BCUT2D eigenvalue weighted by Crippen LogP contribution is -2.51. The quantitative estimate of drug-likeness (QED) is 0.792. The van der Waals surface area contributed by atoms with Crippen molar-refractivity contribution in [2.24, 2.45) is 23.7 Å². The molecule has 0 aliphatic heterocycles. The number of nitrogens with one attached hydrogen (secondary N) is 1. The van der Waals surface area contributed by atoms with Crippen molar-refractivity contribution in [3.63, 3.8) is 0 Å². The minimum absolute atomic E-state index is 0.304. The first-order chi connectivity index (χ1) is 8.49. The van der Waals surface area contributed by atoms with Crippen LogP contribution >= 0.6 is 0 Å². The Morgan fingerprint density at radius 2 is 1.89 bits per heavy atom. The van der Waals surface area contributed by atoms with Gasteiger partial charge in [-0.25, -0.2) is 0 Å². The average Bonchev–Trinajstić information content (AvgIpc) is 3.08. The summed E-state index contributed by atoms with van der Waals surface area (Å²) >= 11 is 0. The zero-order valence-electron chi connectivity index (χ0n) is 11.9. The van der Waals surface area contributed by atoms with E-state index in [-0.39, 0.29) is 6.04 Å². The van der Waals surface area contributed by atoms with E-state index in [0.717, 1.165) is 25.2 Å². The van der Waals surface area contributed by atoms with Gasteiger partial charge in [-0.05, 0) is 49.4 Å². The molecular formula is C15H27NO2. The Morgan fingerprint density at radius 3 is 2.39 bits per heavy atom. The second-order valence-corrected chi connectivity index (χ2v) is 6.75. The Hall–Kier alpha value is -0.570. The molecule has 2 rings (SSSR count). The van der Waals surface area contributed by atoms with Gasteiger partial charge in [0, 0.05) is 6.04 Å². The molecule has 2 N–H and O–H groups in total. The molecule has 0 aromatic carbocycles. The van der Waals surface area contributed by atoms with Crippen LogP contribution in [0.25, 0.3) is 0 Å². The second-order valence-electron chi connectivity index (χ2n) is 6.75. The molecule has 0 saturated heterocycles. The highest BCUT2D eigenvalue weighted by atomic mass is 16.4. The van der Waals surface area contributed by atoms with Gasteiger partial charge < -0.3 is 10.4 Å². The van der Waals surface area contributed by atoms with Crippen molar-refractivity contribution in [3.05, 3.63) is 0 Å². The standard InChI is InChI=1S/C15H27NO2/c1-9(2)12-7-4-10(3)8-13(12)16-14(15(17)18)11-5-6-11/h9-14,16H,4-8H2,1-3H3,(H,17,18). The predicted octanol–water partition coefficient (Wildman–Crippen LogP) is 2.90. The van der Waals surface area contributed by atoms with E-state index in [9.17, 15) is 9.90 Å². The van der Waals surface area contributed by atoms with Crippen LogP contribution in [0.5, 0.6) is 0 Å². The monoisotopic (exact) mass is 253 g/mol. The fourth-order valence-corrected chi connectivity index (χ4v) is 3.46. The highest BCUT2D eigenvalue weighted by molar-refractivity contribution is 5.74. The van der Waals surface area contributed by atoms with Gasteiger partial charge in [0.1, 0.15) is 6.04 Å². The molecule has 0 amide bonds. The lowest BCUT2D eigenvalue weighted by Gasteiger charge is -2.39. The maximum absolute atomic E-state index is 11.4. The van der Waals surface area contributed by atoms with Crippen molar-refractivity contribution in [3.8, 4) is 0 Å². The van der Waals surface area contributed by atoms with Gasteiger partial charge in [-0.15, -0.1) is 0 Å². The third kappa shape index (κ3) is 3.25. The molecule has 0 spiro atoms. The highest BCUT2D eigenvalue weighted by Crippen LogP contribution is 2.37. The van der Waals surface area contributed by atoms with E-state index in [1.807, 2.05) is 0 Å². The summed E-state index contributed by atoms with van der Waals surface area (Å²) in [6, 6.07) is 0.0944. The summed E-state index contributed by atoms with van der Waals surface area (Å²) in [5.74, 6) is 1.74. The van der Waals surface area contributed by atoms with E-state index in [1.54, 1.807) is 0 Å². The number of aliphatic carboxylic acids is 1. The normalized spacial score (nSPS) is 34.6. The van der Waals surface area contributed by atoms with Crippen LogP contribution in [0.4, 0.5) is 0 Å². The third-order valence-corrected chi connectivity index (χ3v) is 4.78. The summed E-state index contributed by atoms with van der Waals surface area (Å²) in [5, 5.41) is 12.8. The van der Waals surface area contributed by atoms with Gasteiger partial charge in [-0.3, -0.25) is 4.79 Å². The molecule has 0 aromatic heterocycles. The van der Waals surface area contributed by atoms with Crippen LogP contribution in [-0.2, 0) is 4.79 Å². The van der Waals surface area contributed by atoms with E-state index in [2.05, 4.69) is 26.1 Å². The molecule has 2 fully saturated rings. The molecule has 0 heterocycles. The van der Waals surface area contributed by atoms with Crippen molar-refractivity contribution < 1.29 is 9.90 Å². The maximum Gasteiger partial charge on any atom is 0.320 e. The molecule has 104 valence electrons. The minimum Gasteiger partial charge on any atom is -0.480 e. The number of hydrogen-bond donors (Lipinski definition) is 2. The van der Waals surface area contributed by atoms with Crippen molar-refractivity contribution >= 4 is 5.97 Å². The topological polar surface area (TPSA) is 49.3 Å². The number of hydrogen-bond acceptors (Lipinski definition) is 2. The van der Waals surface area contributed by atoms with Crippen molar-refractivity contribution in [1.29, 1.82) is 0 Å². The molecule has 0 radical (unpaired) electrons. The van der Waals surface area contributed by atoms with Crippen LogP contribution in [-0.4, -0.2) is 23.2 Å². The Balaban J connectivity index is 2.00. The number of rotatable bonds is 5. The first-order valence-corrected chi connectivity index (χ1v) is 7.48. The van der Waals surface area contributed by atoms with E-state index in [0.29, 0.717) is 23.8 Å². The SMILES string of the molecule is CC1CCC(C(C)C)C(NC(C(=O)O)C2CC2)C1. The molecule has 2 saturated carbocycles. The van der Waals surface area contributed by atoms with Crippen molar-refractivity contribution in [2.75, 3.05) is 0 Å². The third-order valence-electron chi connectivity index (χ3n) is 4.78. The Bertz CT molecular complexity index is 299. The fraction of sp³-hybridized carbons (Fsp3) is 0.933. The fourth-order valence-electron chi connectivity index (χ4n) is 3.46. The smallest absolute Gasteiger partial charge is 0.320 e. The molecule has 2 aliphatic rings. The first kappa shape index (κ1) is 13.9. The summed E-state index contributed by atoms with van der Waals surface area (Å²) < 4.78 is 0. The van der Waals surface area contributed by atoms with Gasteiger partial charge in [0.05, 0.1) is 0 Å². The highest BCUT2D eigenvalue weighted by Gasteiger charge is 2.40. The average molecular weight is 253 g/mol. The second kappa shape index (κ2) is 5.60. The Labute approximate surface area is 110 Å². The molecule has 4 unspecified atom stereocenters. The number of carboxylic acids is 1. The minimum atomic E-state index is -0.654. The maximum atomic E-state index is 11.4. The Kier molecular flexibility index (Phi) is 4.31. The van der Waals surface area contributed by atoms with Crippen LogP contribution in [0.15, 0.2) is 0 Å². The molecule has 0 bridgehead atoms. The first-order valence-electron chi connectivity index (χ1n) is 7.48. The summed E-state index contributed by atoms with van der Waals surface area (Å²) in [6.07, 6.45) is 5.84. The van der Waals surface area contributed by atoms with Crippen LogP contribution in [0.1, 0.15) is 52.9 Å². The lowest BCUT2D eigenvalue weighted by atomic mass is 9.73. The van der Waals surface area contributed by atoms with Gasteiger partial charge in [0.2, 0.25) is 0 Å². The van der Waals surface area contributed by atoms with E-state index in [4.69, 9.17) is 0 Å². The van der Waals surface area contributed by atoms with Crippen molar-refractivity contribution in [2.45, 2.75) is 65.0 Å². The zero-order chi connectivity index (χ0) is 13.3. The molecule has 3 nitrogen and oxygen atoms in total. The van der Waals surface area contributed by atoms with Gasteiger partial charge in [0.15, 0.2) is 0 Å². The van der Waals surface area contributed by atoms with Crippen LogP contribution in [0.3, 0.4) is 0 Å². The van der Waals surface area contributed by atoms with Crippen LogP contribution in [0, 0.1) is 23.7 Å². The largest absolute Gasteiger partial charge is 0.480 e. The molecule has 18 heavy (non-hydrogen) atoms. The Morgan fingerprint density at radius 1 is 1.22 bits per heavy atom. The predicted molar refractivity (Wildman–Crippen MR) is 72.4 cm³/mol. The van der Waals surface area contributed by atoms with Gasteiger partial charge in [-0.2, -0.15) is 0 Å². The summed E-state index contributed by atoms with van der Waals surface area (Å²) in [6.45, 7) is 6.82. The molecule has 3 heteroatoms. The molecular weight excluding hydrogens is 226 g/mol. The van der Waals surface area contributed by atoms with E-state index < -0.39 is 5.97 Å². The van der Waals surface area contributed by atoms with Gasteiger partial charge in [-0.1, -0.05) is 27.2 Å². The van der Waals surface area contributed by atoms with E-state index in [1.165, 1.54) is 12.8 Å². The summed E-state index contributed by atoms with van der Waals surface area (Å²) in [7, 11) is 0. The van der Waals surface area contributed by atoms with Gasteiger partial charge in [0.25, 0.3) is 0 Å². The molecule has 2 aliphatic carbocycles. The van der Waals surface area contributed by atoms with Crippen LogP contribution < -0.4 is 5.32 Å².